The van der Waals surface area contributed by atoms with Crippen LogP contribution in [-0.2, 0) is 9.53 Å². The second kappa shape index (κ2) is 7.63. The number of ether oxygens (including phenoxy) is 1. The van der Waals surface area contributed by atoms with Crippen LogP contribution in [0, 0.1) is 11.8 Å². The quantitative estimate of drug-likeness (QED) is 0.605. The van der Waals surface area contributed by atoms with E-state index in [1.54, 1.807) is 7.11 Å². The molecule has 1 aliphatic rings. The average Bonchev–Trinajstić information content (AvgIpc) is 2.23. The molecule has 5 heteroatoms. The molecule has 0 radical (unpaired) electrons. The lowest BCUT2D eigenvalue weighted by Gasteiger charge is -2.31. The van der Waals surface area contributed by atoms with E-state index in [1.165, 1.54) is 0 Å². The number of nitrogens with zero attached hydrogens (tertiary/aromatic N) is 1. The third kappa shape index (κ3) is 5.02. The summed E-state index contributed by atoms with van der Waals surface area (Å²) in [5.74, 6) is 0.818. The highest BCUT2D eigenvalue weighted by Crippen LogP contribution is 2.15. The highest BCUT2D eigenvalue weighted by molar-refractivity contribution is 5.78. The predicted molar refractivity (Wildman–Crippen MR) is 67.9 cm³/mol. The molecule has 0 saturated carbocycles. The summed E-state index contributed by atoms with van der Waals surface area (Å²) in [6.07, 6.45) is 0. The minimum atomic E-state index is 0.125. The lowest BCUT2D eigenvalue weighted by Crippen LogP contribution is -2.50. The van der Waals surface area contributed by atoms with Crippen molar-refractivity contribution in [2.45, 2.75) is 6.92 Å². The molecule has 17 heavy (non-hydrogen) atoms. The summed E-state index contributed by atoms with van der Waals surface area (Å²) >= 11 is 0. The molecular formula is C12H25N3O2. The maximum atomic E-state index is 11.8. The van der Waals surface area contributed by atoms with Crippen LogP contribution in [0.25, 0.3) is 0 Å². The third-order valence-electron chi connectivity index (χ3n) is 3.40. The first-order valence-corrected chi connectivity index (χ1v) is 6.31. The Kier molecular flexibility index (Phi) is 6.47. The molecule has 1 fully saturated rings. The minimum Gasteiger partial charge on any atom is -0.383 e. The number of amides is 1. The molecule has 0 spiro atoms. The molecule has 1 rings (SSSR count). The molecule has 1 unspecified atom stereocenters. The van der Waals surface area contributed by atoms with E-state index in [-0.39, 0.29) is 11.8 Å². The first kappa shape index (κ1) is 14.4. The van der Waals surface area contributed by atoms with Crippen LogP contribution in [0.5, 0.6) is 0 Å². The van der Waals surface area contributed by atoms with Gasteiger partial charge >= 0.3 is 0 Å². The zero-order valence-corrected chi connectivity index (χ0v) is 11.2. The summed E-state index contributed by atoms with van der Waals surface area (Å²) < 4.78 is 5.00. The smallest absolute Gasteiger partial charge is 0.223 e. The van der Waals surface area contributed by atoms with E-state index in [9.17, 15) is 4.79 Å². The van der Waals surface area contributed by atoms with Crippen molar-refractivity contribution in [3.05, 3.63) is 0 Å². The summed E-state index contributed by atoms with van der Waals surface area (Å²) in [7, 11) is 3.73. The Morgan fingerprint density at radius 1 is 1.53 bits per heavy atom. The van der Waals surface area contributed by atoms with Gasteiger partial charge in [0.15, 0.2) is 0 Å². The first-order valence-electron chi connectivity index (χ1n) is 6.31. The van der Waals surface area contributed by atoms with E-state index in [1.807, 2.05) is 14.0 Å². The zero-order valence-electron chi connectivity index (χ0n) is 11.2. The number of carbonyl (C=O) groups excluding carboxylic acids is 1. The van der Waals surface area contributed by atoms with Crippen molar-refractivity contribution in [1.82, 2.24) is 15.5 Å². The first-order chi connectivity index (χ1) is 8.15. The van der Waals surface area contributed by atoms with Crippen LogP contribution in [-0.4, -0.2) is 64.3 Å². The van der Waals surface area contributed by atoms with Gasteiger partial charge in [-0.25, -0.2) is 0 Å². The Balaban J connectivity index is 2.06. The number of hydrogen-bond acceptors (Lipinski definition) is 4. The van der Waals surface area contributed by atoms with Crippen molar-refractivity contribution < 1.29 is 9.53 Å². The fraction of sp³-hybridized carbons (Fsp3) is 0.917. The largest absolute Gasteiger partial charge is 0.383 e. The standard InChI is InChI=1S/C12H25N3O2/c1-10(11-8-13-9-11)12(16)14-4-5-15(2)6-7-17-3/h10-11,13H,4-9H2,1-3H3,(H,14,16). The van der Waals surface area contributed by atoms with Crippen LogP contribution in [0.15, 0.2) is 0 Å². The summed E-state index contributed by atoms with van der Waals surface area (Å²) in [4.78, 5) is 13.9. The average molecular weight is 243 g/mol. The summed E-state index contributed by atoms with van der Waals surface area (Å²) in [5.41, 5.74) is 0. The van der Waals surface area contributed by atoms with Gasteiger partial charge in [0.25, 0.3) is 0 Å². The van der Waals surface area contributed by atoms with Gasteiger partial charge < -0.3 is 20.3 Å². The molecule has 1 amide bonds. The zero-order chi connectivity index (χ0) is 12.7. The number of carbonyl (C=O) groups is 1. The normalized spacial score (nSPS) is 17.9. The Hall–Kier alpha value is -0.650. The Morgan fingerprint density at radius 2 is 2.24 bits per heavy atom. The van der Waals surface area contributed by atoms with Gasteiger partial charge in [0, 0.05) is 32.7 Å². The van der Waals surface area contributed by atoms with Crippen LogP contribution in [0.3, 0.4) is 0 Å². The van der Waals surface area contributed by atoms with Gasteiger partial charge in [0.1, 0.15) is 0 Å². The molecule has 1 atom stereocenters. The highest BCUT2D eigenvalue weighted by atomic mass is 16.5. The second-order valence-electron chi connectivity index (χ2n) is 4.79. The second-order valence-corrected chi connectivity index (χ2v) is 4.79. The molecule has 0 aromatic carbocycles. The van der Waals surface area contributed by atoms with Crippen molar-refractivity contribution in [3.63, 3.8) is 0 Å². The van der Waals surface area contributed by atoms with Crippen LogP contribution < -0.4 is 10.6 Å². The number of hydrogen-bond donors (Lipinski definition) is 2. The maximum absolute atomic E-state index is 11.8. The SMILES string of the molecule is COCCN(C)CCNC(=O)C(C)C1CNC1. The van der Waals surface area contributed by atoms with Crippen molar-refractivity contribution in [1.29, 1.82) is 0 Å². The van der Waals surface area contributed by atoms with E-state index in [0.717, 1.165) is 32.8 Å². The van der Waals surface area contributed by atoms with Crippen molar-refractivity contribution in [3.8, 4) is 0 Å². The lowest BCUT2D eigenvalue weighted by molar-refractivity contribution is -0.126. The van der Waals surface area contributed by atoms with Crippen molar-refractivity contribution in [2.24, 2.45) is 11.8 Å². The maximum Gasteiger partial charge on any atom is 0.223 e. The van der Waals surface area contributed by atoms with E-state index < -0.39 is 0 Å². The fourth-order valence-electron chi connectivity index (χ4n) is 1.77. The molecule has 1 saturated heterocycles. The van der Waals surface area contributed by atoms with Crippen molar-refractivity contribution >= 4 is 5.91 Å². The molecule has 0 aliphatic carbocycles. The molecule has 1 aliphatic heterocycles. The van der Waals surface area contributed by atoms with E-state index >= 15 is 0 Å². The molecule has 2 N–H and O–H groups in total. The minimum absolute atomic E-state index is 0.125. The van der Waals surface area contributed by atoms with Gasteiger partial charge in [-0.15, -0.1) is 0 Å². The van der Waals surface area contributed by atoms with E-state index in [0.29, 0.717) is 12.5 Å². The van der Waals surface area contributed by atoms with Gasteiger partial charge in [-0.1, -0.05) is 6.92 Å². The van der Waals surface area contributed by atoms with Crippen LogP contribution in [0.4, 0.5) is 0 Å². The van der Waals surface area contributed by atoms with Gasteiger partial charge in [0.05, 0.1) is 6.61 Å². The van der Waals surface area contributed by atoms with Gasteiger partial charge in [-0.05, 0) is 26.1 Å². The topological polar surface area (TPSA) is 53.6 Å². The molecule has 0 aromatic heterocycles. The molecule has 1 heterocycles. The number of likely N-dealkylation sites (N-methyl/N-ethyl adjacent to an activating group) is 1. The Morgan fingerprint density at radius 3 is 2.76 bits per heavy atom. The lowest BCUT2D eigenvalue weighted by atomic mass is 9.88. The summed E-state index contributed by atoms with van der Waals surface area (Å²) in [5, 5.41) is 6.18. The molecule has 100 valence electrons. The summed E-state index contributed by atoms with van der Waals surface area (Å²) in [6, 6.07) is 0. The Bertz CT molecular complexity index is 232. The number of methoxy groups -OCH3 is 1. The molecule has 0 bridgehead atoms. The number of rotatable bonds is 8. The Labute approximate surface area is 104 Å². The molecular weight excluding hydrogens is 218 g/mol. The van der Waals surface area contributed by atoms with Gasteiger partial charge in [-0.3, -0.25) is 4.79 Å². The monoisotopic (exact) mass is 243 g/mol. The van der Waals surface area contributed by atoms with Crippen LogP contribution in [0.1, 0.15) is 6.92 Å². The van der Waals surface area contributed by atoms with Crippen molar-refractivity contribution in [2.75, 3.05) is 53.5 Å². The van der Waals surface area contributed by atoms with E-state index in [2.05, 4.69) is 15.5 Å². The van der Waals surface area contributed by atoms with Crippen LogP contribution in [0.2, 0.25) is 0 Å². The molecule has 0 aromatic rings. The van der Waals surface area contributed by atoms with Gasteiger partial charge in [0.2, 0.25) is 5.91 Å². The summed E-state index contributed by atoms with van der Waals surface area (Å²) in [6.45, 7) is 7.16. The highest BCUT2D eigenvalue weighted by Gasteiger charge is 2.28. The fourth-order valence-corrected chi connectivity index (χ4v) is 1.77. The third-order valence-corrected chi connectivity index (χ3v) is 3.40. The van der Waals surface area contributed by atoms with E-state index in [4.69, 9.17) is 4.74 Å². The van der Waals surface area contributed by atoms with Gasteiger partial charge in [-0.2, -0.15) is 0 Å². The van der Waals surface area contributed by atoms with Crippen LogP contribution >= 0.6 is 0 Å². The molecule has 5 nitrogen and oxygen atoms in total. The number of nitrogens with one attached hydrogen (secondary N) is 2. The predicted octanol–water partition coefficient (Wildman–Crippen LogP) is -0.464.